The van der Waals surface area contributed by atoms with Gasteiger partial charge in [-0.05, 0) is 19.0 Å². The molecule has 2 aromatic carbocycles. The molecule has 0 bridgehead atoms. The Balaban J connectivity index is 0.000000251. The van der Waals surface area contributed by atoms with E-state index in [4.69, 9.17) is 19.3 Å². The first-order chi connectivity index (χ1) is 12.0. The molecule has 1 atom stereocenters. The molecule has 6 heteroatoms. The highest BCUT2D eigenvalue weighted by Gasteiger charge is 2.14. The van der Waals surface area contributed by atoms with Crippen molar-refractivity contribution >= 4 is 5.97 Å². The zero-order valence-corrected chi connectivity index (χ0v) is 15.0. The summed E-state index contributed by atoms with van der Waals surface area (Å²) in [4.78, 5) is 10.7. The smallest absolute Gasteiger partial charge is 0.321 e. The van der Waals surface area contributed by atoms with Gasteiger partial charge in [-0.3, -0.25) is 4.79 Å². The number of methoxy groups -OCH3 is 3. The number of likely N-dealkylation sites (N-methyl/N-ethyl adjacent to an activating group) is 1. The lowest BCUT2D eigenvalue weighted by atomic mass is 10.1. The molecule has 0 spiro atoms. The minimum atomic E-state index is -0.814. The monoisotopic (exact) mass is 347 g/mol. The molecule has 0 amide bonds. The van der Waals surface area contributed by atoms with Gasteiger partial charge < -0.3 is 24.6 Å². The normalized spacial score (nSPS) is 10.9. The number of hydrogen-bond donors (Lipinski definition) is 2. The number of carbonyl (C=O) groups is 1. The van der Waals surface area contributed by atoms with Gasteiger partial charge in [-0.15, -0.1) is 0 Å². The second-order valence-corrected chi connectivity index (χ2v) is 5.12. The molecular formula is C19H25NO5. The van der Waals surface area contributed by atoms with Crippen molar-refractivity contribution in [3.8, 4) is 17.2 Å². The van der Waals surface area contributed by atoms with E-state index in [1.807, 2.05) is 30.3 Å². The first-order valence-electron chi connectivity index (χ1n) is 7.75. The molecule has 6 nitrogen and oxygen atoms in total. The van der Waals surface area contributed by atoms with Gasteiger partial charge in [0, 0.05) is 18.2 Å². The van der Waals surface area contributed by atoms with Crippen molar-refractivity contribution in [3.63, 3.8) is 0 Å². The summed E-state index contributed by atoms with van der Waals surface area (Å²) < 4.78 is 15.1. The number of aliphatic carboxylic acids is 1. The van der Waals surface area contributed by atoms with Crippen molar-refractivity contribution in [1.29, 1.82) is 0 Å². The maximum absolute atomic E-state index is 10.7. The fourth-order valence-electron chi connectivity index (χ4n) is 2.06. The number of benzene rings is 2. The molecule has 25 heavy (non-hydrogen) atoms. The van der Waals surface area contributed by atoms with Crippen molar-refractivity contribution in [2.24, 2.45) is 0 Å². The number of carboxylic acids is 1. The predicted molar refractivity (Wildman–Crippen MR) is 96.7 cm³/mol. The van der Waals surface area contributed by atoms with Gasteiger partial charge in [-0.25, -0.2) is 0 Å². The minimum absolute atomic E-state index is 0.498. The Morgan fingerprint density at radius 3 is 1.72 bits per heavy atom. The van der Waals surface area contributed by atoms with Crippen LogP contribution >= 0.6 is 0 Å². The molecule has 0 aliphatic heterocycles. The molecule has 2 rings (SSSR count). The summed E-state index contributed by atoms with van der Waals surface area (Å²) in [6.07, 6.45) is 0.521. The second-order valence-electron chi connectivity index (χ2n) is 5.12. The summed E-state index contributed by atoms with van der Waals surface area (Å²) in [5.41, 5.74) is 1.03. The number of hydrogen-bond acceptors (Lipinski definition) is 5. The van der Waals surface area contributed by atoms with E-state index in [2.05, 4.69) is 5.32 Å². The van der Waals surface area contributed by atoms with Crippen LogP contribution in [0.25, 0.3) is 0 Å². The Labute approximate surface area is 148 Å². The summed E-state index contributed by atoms with van der Waals surface area (Å²) in [5.74, 6) is 1.37. The van der Waals surface area contributed by atoms with Gasteiger partial charge in [0.25, 0.3) is 0 Å². The Hall–Kier alpha value is -2.73. The lowest BCUT2D eigenvalue weighted by Gasteiger charge is -2.10. The third-order valence-electron chi connectivity index (χ3n) is 3.49. The predicted octanol–water partition coefficient (Wildman–Crippen LogP) is 2.61. The van der Waals surface area contributed by atoms with E-state index >= 15 is 0 Å². The van der Waals surface area contributed by atoms with Crippen molar-refractivity contribution in [2.45, 2.75) is 12.5 Å². The lowest BCUT2D eigenvalue weighted by molar-refractivity contribution is -0.139. The number of nitrogens with one attached hydrogen (secondary N) is 1. The van der Waals surface area contributed by atoms with Crippen LogP contribution in [0.2, 0.25) is 0 Å². The summed E-state index contributed by atoms with van der Waals surface area (Å²) in [6, 6.07) is 14.5. The van der Waals surface area contributed by atoms with E-state index in [0.717, 1.165) is 22.8 Å². The Bertz CT molecular complexity index is 590. The third-order valence-corrected chi connectivity index (χ3v) is 3.49. The van der Waals surface area contributed by atoms with E-state index in [9.17, 15) is 4.79 Å². The van der Waals surface area contributed by atoms with Gasteiger partial charge in [0.1, 0.15) is 23.3 Å². The SMILES string of the molecule is CNC(Cc1ccccc1)C(=O)O.COc1cc(OC)cc(OC)c1. The topological polar surface area (TPSA) is 77.0 Å². The quantitative estimate of drug-likeness (QED) is 0.802. The molecule has 1 unspecified atom stereocenters. The lowest BCUT2D eigenvalue weighted by Crippen LogP contribution is -2.35. The van der Waals surface area contributed by atoms with Crippen LogP contribution in [0.15, 0.2) is 48.5 Å². The zero-order valence-electron chi connectivity index (χ0n) is 15.0. The van der Waals surface area contributed by atoms with Gasteiger partial charge in [0.05, 0.1) is 21.3 Å². The van der Waals surface area contributed by atoms with Crippen LogP contribution in [-0.4, -0.2) is 45.5 Å². The highest BCUT2D eigenvalue weighted by atomic mass is 16.5. The number of carboxylic acid groups (broad SMARTS) is 1. The van der Waals surface area contributed by atoms with Gasteiger partial charge in [0.15, 0.2) is 0 Å². The zero-order chi connectivity index (χ0) is 18.7. The van der Waals surface area contributed by atoms with Crippen LogP contribution < -0.4 is 19.5 Å². The van der Waals surface area contributed by atoms with Crippen LogP contribution in [-0.2, 0) is 11.2 Å². The maximum atomic E-state index is 10.7. The highest BCUT2D eigenvalue weighted by molar-refractivity contribution is 5.73. The van der Waals surface area contributed by atoms with Crippen LogP contribution in [0.5, 0.6) is 17.2 Å². The largest absolute Gasteiger partial charge is 0.496 e. The van der Waals surface area contributed by atoms with Crippen LogP contribution in [0.3, 0.4) is 0 Å². The average molecular weight is 347 g/mol. The Kier molecular flexibility index (Phi) is 8.89. The van der Waals surface area contributed by atoms with Gasteiger partial charge in [-0.1, -0.05) is 30.3 Å². The molecule has 0 fully saturated rings. The van der Waals surface area contributed by atoms with E-state index in [0.29, 0.717) is 6.42 Å². The third kappa shape index (κ3) is 7.14. The molecule has 0 saturated carbocycles. The van der Waals surface area contributed by atoms with Crippen molar-refractivity contribution < 1.29 is 24.1 Å². The van der Waals surface area contributed by atoms with Crippen LogP contribution in [0, 0.1) is 0 Å². The van der Waals surface area contributed by atoms with Gasteiger partial charge >= 0.3 is 5.97 Å². The van der Waals surface area contributed by atoms with Crippen molar-refractivity contribution in [1.82, 2.24) is 5.32 Å². The molecule has 136 valence electrons. The summed E-state index contributed by atoms with van der Waals surface area (Å²) >= 11 is 0. The van der Waals surface area contributed by atoms with E-state index < -0.39 is 12.0 Å². The standard InChI is InChI=1S/C10H13NO2.C9H12O3/c1-11-9(10(12)13)7-8-5-3-2-4-6-8;1-10-7-4-8(11-2)6-9(5-7)12-3/h2-6,9,11H,7H2,1H3,(H,12,13);4-6H,1-3H3. The van der Waals surface area contributed by atoms with Crippen LogP contribution in [0.4, 0.5) is 0 Å². The molecule has 0 heterocycles. The highest BCUT2D eigenvalue weighted by Crippen LogP contribution is 2.26. The van der Waals surface area contributed by atoms with Crippen molar-refractivity contribution in [3.05, 3.63) is 54.1 Å². The fraction of sp³-hybridized carbons (Fsp3) is 0.316. The van der Waals surface area contributed by atoms with E-state index in [1.54, 1.807) is 46.6 Å². The molecule has 0 aliphatic rings. The fourth-order valence-corrected chi connectivity index (χ4v) is 2.06. The second kappa shape index (κ2) is 10.9. The van der Waals surface area contributed by atoms with Crippen LogP contribution in [0.1, 0.15) is 5.56 Å². The van der Waals surface area contributed by atoms with E-state index in [1.165, 1.54) is 0 Å². The molecular weight excluding hydrogens is 322 g/mol. The van der Waals surface area contributed by atoms with Gasteiger partial charge in [-0.2, -0.15) is 0 Å². The van der Waals surface area contributed by atoms with Gasteiger partial charge in [0.2, 0.25) is 0 Å². The molecule has 2 N–H and O–H groups in total. The number of ether oxygens (including phenoxy) is 3. The van der Waals surface area contributed by atoms with Crippen molar-refractivity contribution in [2.75, 3.05) is 28.4 Å². The average Bonchev–Trinajstić information content (AvgIpc) is 2.66. The summed E-state index contributed by atoms with van der Waals surface area (Å²) in [7, 11) is 6.47. The Morgan fingerprint density at radius 1 is 0.960 bits per heavy atom. The summed E-state index contributed by atoms with van der Waals surface area (Å²) in [6.45, 7) is 0. The first-order valence-corrected chi connectivity index (χ1v) is 7.75. The molecule has 0 aliphatic carbocycles. The minimum Gasteiger partial charge on any atom is -0.496 e. The summed E-state index contributed by atoms with van der Waals surface area (Å²) in [5, 5.41) is 11.5. The molecule has 0 saturated heterocycles. The first kappa shape index (κ1) is 20.3. The molecule has 0 radical (unpaired) electrons. The number of rotatable bonds is 7. The molecule has 0 aromatic heterocycles. The van der Waals surface area contributed by atoms with E-state index in [-0.39, 0.29) is 0 Å². The maximum Gasteiger partial charge on any atom is 0.321 e. The Morgan fingerprint density at radius 2 is 1.40 bits per heavy atom. The molecule has 2 aromatic rings.